The van der Waals surface area contributed by atoms with Crippen molar-refractivity contribution in [2.24, 2.45) is 10.7 Å². The summed E-state index contributed by atoms with van der Waals surface area (Å²) in [5.41, 5.74) is 7.99. The van der Waals surface area contributed by atoms with Gasteiger partial charge in [0.2, 0.25) is 5.96 Å². The molecule has 1 rings (SSSR count). The van der Waals surface area contributed by atoms with Crippen molar-refractivity contribution < 1.29 is 4.84 Å². The molecule has 0 bridgehead atoms. The molecule has 0 aromatic rings. The fourth-order valence-corrected chi connectivity index (χ4v) is 1.06. The maximum absolute atomic E-state index is 7.52. The number of nitrogens with two attached hydrogens (primary N) is 1. The van der Waals surface area contributed by atoms with E-state index in [1.165, 1.54) is 12.1 Å². The molecule has 13 heavy (non-hydrogen) atoms. The van der Waals surface area contributed by atoms with Crippen molar-refractivity contribution >= 4 is 11.9 Å². The topological polar surface area (TPSA) is 98.8 Å². The van der Waals surface area contributed by atoms with Gasteiger partial charge in [0.25, 0.3) is 0 Å². The molecule has 0 saturated heterocycles. The van der Waals surface area contributed by atoms with Gasteiger partial charge in [-0.05, 0) is 6.42 Å². The Kier molecular flexibility index (Phi) is 3.04. The molecular weight excluding hydrogens is 172 g/mol. The van der Waals surface area contributed by atoms with Gasteiger partial charge in [0.15, 0.2) is 5.96 Å². The summed E-state index contributed by atoms with van der Waals surface area (Å²) in [7, 11) is 1.47. The Balaban J connectivity index is 2.74. The normalized spacial score (nSPS) is 22.6. The highest BCUT2D eigenvalue weighted by molar-refractivity contribution is 5.98. The van der Waals surface area contributed by atoms with Crippen LogP contribution in [0.1, 0.15) is 13.3 Å². The molecule has 0 spiro atoms. The molecule has 0 amide bonds. The van der Waals surface area contributed by atoms with Gasteiger partial charge in [-0.3, -0.25) is 15.6 Å². The summed E-state index contributed by atoms with van der Waals surface area (Å²) >= 11 is 0. The number of rotatable bonds is 3. The number of aliphatic imine (C=N–C) groups is 1. The van der Waals surface area contributed by atoms with E-state index in [2.05, 4.69) is 15.9 Å². The molecule has 1 unspecified atom stereocenters. The van der Waals surface area contributed by atoms with E-state index in [0.717, 1.165) is 6.42 Å². The molecule has 0 aromatic heterocycles. The Hall–Kier alpha value is -1.34. The predicted octanol–water partition coefficient (Wildman–Crippen LogP) is -1.06. The van der Waals surface area contributed by atoms with E-state index < -0.39 is 0 Å². The molecule has 0 aromatic carbocycles. The molecule has 0 fully saturated rings. The van der Waals surface area contributed by atoms with Crippen LogP contribution in [-0.4, -0.2) is 30.2 Å². The third kappa shape index (κ3) is 2.07. The Morgan fingerprint density at radius 1 is 1.85 bits per heavy atom. The minimum Gasteiger partial charge on any atom is -0.370 e. The lowest BCUT2D eigenvalue weighted by atomic mass is 10.3. The zero-order valence-corrected chi connectivity index (χ0v) is 7.66. The quantitative estimate of drug-likeness (QED) is 0.421. The van der Waals surface area contributed by atoms with Gasteiger partial charge in [-0.15, -0.1) is 5.59 Å². The first-order valence-corrected chi connectivity index (χ1v) is 3.95. The number of hydrogen-bond acceptors (Lipinski definition) is 5. The molecule has 0 aliphatic carbocycles. The summed E-state index contributed by atoms with van der Waals surface area (Å²) < 4.78 is 0. The highest BCUT2D eigenvalue weighted by Gasteiger charge is 2.24. The molecule has 74 valence electrons. The Bertz CT molecular complexity index is 227. The average molecular weight is 186 g/mol. The standard InChI is InChI=1S/C6H14N6O/c1-3-4-9-5(7)10-6(8)12(4)11-13-2/h4,11H,3H2,1-2H3,(H4,7,8,9,10). The van der Waals surface area contributed by atoms with Crippen LogP contribution >= 0.6 is 0 Å². The van der Waals surface area contributed by atoms with Crippen molar-refractivity contribution in [2.45, 2.75) is 19.5 Å². The highest BCUT2D eigenvalue weighted by Crippen LogP contribution is 2.05. The largest absolute Gasteiger partial charge is 0.370 e. The van der Waals surface area contributed by atoms with Crippen molar-refractivity contribution in [2.75, 3.05) is 7.11 Å². The molecule has 1 aliphatic heterocycles. The summed E-state index contributed by atoms with van der Waals surface area (Å²) in [6.07, 6.45) is 0.537. The van der Waals surface area contributed by atoms with E-state index in [-0.39, 0.29) is 18.1 Å². The maximum atomic E-state index is 7.52. The predicted molar refractivity (Wildman–Crippen MR) is 48.5 cm³/mol. The van der Waals surface area contributed by atoms with Gasteiger partial charge in [-0.1, -0.05) is 6.92 Å². The van der Waals surface area contributed by atoms with Crippen molar-refractivity contribution in [3.05, 3.63) is 0 Å². The van der Waals surface area contributed by atoms with Gasteiger partial charge >= 0.3 is 0 Å². The van der Waals surface area contributed by atoms with E-state index in [9.17, 15) is 0 Å². The van der Waals surface area contributed by atoms with Crippen LogP contribution < -0.4 is 16.6 Å². The summed E-state index contributed by atoms with van der Waals surface area (Å²) in [5, 5.41) is 11.6. The second-order valence-electron chi connectivity index (χ2n) is 2.54. The van der Waals surface area contributed by atoms with Gasteiger partial charge in [0.05, 0.1) is 7.11 Å². The van der Waals surface area contributed by atoms with Crippen molar-refractivity contribution in [3.63, 3.8) is 0 Å². The number of hydrogen-bond donors (Lipinski definition) is 4. The van der Waals surface area contributed by atoms with Gasteiger partial charge in [-0.2, -0.15) is 0 Å². The SMILES string of the molecule is CCC1N=C(N)NC(=N)N1NOC. The second-order valence-corrected chi connectivity index (χ2v) is 2.54. The first-order chi connectivity index (χ1) is 6.19. The van der Waals surface area contributed by atoms with Crippen LogP contribution in [0.2, 0.25) is 0 Å². The third-order valence-corrected chi connectivity index (χ3v) is 1.63. The molecule has 1 aliphatic rings. The summed E-state index contributed by atoms with van der Waals surface area (Å²) in [4.78, 5) is 8.78. The Labute approximate surface area is 76.4 Å². The van der Waals surface area contributed by atoms with Crippen LogP contribution in [0.3, 0.4) is 0 Å². The fourth-order valence-electron chi connectivity index (χ4n) is 1.06. The molecular formula is C6H14N6O. The van der Waals surface area contributed by atoms with E-state index in [1.807, 2.05) is 6.92 Å². The number of hydrazine groups is 1. The van der Waals surface area contributed by atoms with Gasteiger partial charge in [0, 0.05) is 0 Å². The molecule has 5 N–H and O–H groups in total. The molecule has 0 saturated carbocycles. The average Bonchev–Trinajstić information content (AvgIpc) is 2.09. The lowest BCUT2D eigenvalue weighted by Gasteiger charge is -2.33. The lowest BCUT2D eigenvalue weighted by molar-refractivity contribution is -0.0382. The third-order valence-electron chi connectivity index (χ3n) is 1.63. The van der Waals surface area contributed by atoms with Crippen LogP contribution in [-0.2, 0) is 4.84 Å². The highest BCUT2D eigenvalue weighted by atomic mass is 16.7. The summed E-state index contributed by atoms with van der Waals surface area (Å²) in [5.74, 6) is 0.382. The van der Waals surface area contributed by atoms with Gasteiger partial charge in [-0.25, -0.2) is 10.0 Å². The van der Waals surface area contributed by atoms with E-state index >= 15 is 0 Å². The van der Waals surface area contributed by atoms with Crippen LogP contribution in [0.15, 0.2) is 4.99 Å². The number of guanidine groups is 2. The Morgan fingerprint density at radius 3 is 3.08 bits per heavy atom. The Morgan fingerprint density at radius 2 is 2.54 bits per heavy atom. The number of nitrogens with one attached hydrogen (secondary N) is 3. The van der Waals surface area contributed by atoms with Crippen LogP contribution in [0, 0.1) is 5.41 Å². The van der Waals surface area contributed by atoms with Crippen LogP contribution in [0.25, 0.3) is 0 Å². The van der Waals surface area contributed by atoms with Crippen LogP contribution in [0.5, 0.6) is 0 Å². The lowest BCUT2D eigenvalue weighted by Crippen LogP contribution is -2.59. The van der Waals surface area contributed by atoms with Crippen molar-refractivity contribution in [1.82, 2.24) is 15.9 Å². The van der Waals surface area contributed by atoms with E-state index in [1.54, 1.807) is 0 Å². The van der Waals surface area contributed by atoms with Gasteiger partial charge in [0.1, 0.15) is 6.17 Å². The zero-order chi connectivity index (χ0) is 9.84. The molecule has 1 heterocycles. The van der Waals surface area contributed by atoms with Gasteiger partial charge < -0.3 is 5.73 Å². The van der Waals surface area contributed by atoms with Crippen molar-refractivity contribution in [1.29, 1.82) is 5.41 Å². The molecule has 7 nitrogen and oxygen atoms in total. The zero-order valence-electron chi connectivity index (χ0n) is 7.66. The van der Waals surface area contributed by atoms with E-state index in [0.29, 0.717) is 0 Å². The molecule has 1 atom stereocenters. The minimum absolute atomic E-state index is 0.126. The van der Waals surface area contributed by atoms with Crippen LogP contribution in [0.4, 0.5) is 0 Å². The second kappa shape index (κ2) is 4.06. The summed E-state index contributed by atoms with van der Waals surface area (Å²) in [6.45, 7) is 1.95. The smallest absolute Gasteiger partial charge is 0.216 e. The summed E-state index contributed by atoms with van der Waals surface area (Å²) in [6, 6.07) is 0. The monoisotopic (exact) mass is 186 g/mol. The first kappa shape index (κ1) is 9.75. The number of nitrogens with zero attached hydrogens (tertiary/aromatic N) is 2. The maximum Gasteiger partial charge on any atom is 0.216 e. The van der Waals surface area contributed by atoms with Crippen molar-refractivity contribution in [3.8, 4) is 0 Å². The molecule has 0 radical (unpaired) electrons. The minimum atomic E-state index is -0.200. The molecule has 7 heteroatoms. The fraction of sp³-hybridized carbons (Fsp3) is 0.667. The first-order valence-electron chi connectivity index (χ1n) is 3.95. The van der Waals surface area contributed by atoms with E-state index in [4.69, 9.17) is 16.0 Å².